The zero-order valence-electron chi connectivity index (χ0n) is 14.5. The van der Waals surface area contributed by atoms with E-state index in [1.165, 1.54) is 5.69 Å². The van der Waals surface area contributed by atoms with Gasteiger partial charge in [0, 0.05) is 25.3 Å². The summed E-state index contributed by atoms with van der Waals surface area (Å²) in [5, 5.41) is 4.07. The molecule has 1 amide bonds. The molecule has 4 nitrogen and oxygen atoms in total. The van der Waals surface area contributed by atoms with Crippen LogP contribution >= 0.6 is 11.3 Å². The van der Waals surface area contributed by atoms with Gasteiger partial charge in [-0.1, -0.05) is 0 Å². The zero-order chi connectivity index (χ0) is 17.2. The SMILES string of the molecule is COc1ccc(N2CCN(C(=O)Cc3ccsc3)CC2(C)C)cc1. The van der Waals surface area contributed by atoms with Crippen LogP contribution < -0.4 is 9.64 Å². The highest BCUT2D eigenvalue weighted by Gasteiger charge is 2.35. The molecule has 1 aromatic heterocycles. The van der Waals surface area contributed by atoms with Gasteiger partial charge < -0.3 is 14.5 Å². The van der Waals surface area contributed by atoms with Crippen molar-refractivity contribution in [3.8, 4) is 5.75 Å². The molecule has 0 N–H and O–H groups in total. The molecule has 2 heterocycles. The average Bonchev–Trinajstić information content (AvgIpc) is 3.07. The van der Waals surface area contributed by atoms with E-state index < -0.39 is 0 Å². The number of benzene rings is 1. The molecule has 0 bridgehead atoms. The van der Waals surface area contributed by atoms with Crippen molar-refractivity contribution in [2.24, 2.45) is 0 Å². The lowest BCUT2D eigenvalue weighted by Crippen LogP contribution is -2.61. The minimum atomic E-state index is -0.100. The lowest BCUT2D eigenvalue weighted by molar-refractivity contribution is -0.131. The van der Waals surface area contributed by atoms with Gasteiger partial charge in [-0.2, -0.15) is 11.3 Å². The molecule has 1 aliphatic rings. The van der Waals surface area contributed by atoms with Gasteiger partial charge in [0.2, 0.25) is 5.91 Å². The second-order valence-corrected chi connectivity index (χ2v) is 7.57. The van der Waals surface area contributed by atoms with E-state index >= 15 is 0 Å². The number of thiophene rings is 1. The molecule has 1 fully saturated rings. The van der Waals surface area contributed by atoms with Gasteiger partial charge in [0.05, 0.1) is 19.1 Å². The molecule has 0 atom stereocenters. The molecule has 0 spiro atoms. The molecule has 1 aromatic carbocycles. The van der Waals surface area contributed by atoms with Crippen molar-refractivity contribution < 1.29 is 9.53 Å². The Balaban J connectivity index is 1.68. The molecule has 5 heteroatoms. The minimum absolute atomic E-state index is 0.100. The Kier molecular flexibility index (Phi) is 4.81. The third kappa shape index (κ3) is 3.56. The third-order valence-corrected chi connectivity index (χ3v) is 5.31. The molecule has 3 rings (SSSR count). The maximum absolute atomic E-state index is 12.6. The largest absolute Gasteiger partial charge is 0.497 e. The Morgan fingerprint density at radius 3 is 2.54 bits per heavy atom. The third-order valence-electron chi connectivity index (χ3n) is 4.57. The van der Waals surface area contributed by atoms with Gasteiger partial charge in [-0.05, 0) is 60.5 Å². The normalized spacial score (nSPS) is 17.0. The number of hydrogen-bond donors (Lipinski definition) is 0. The van der Waals surface area contributed by atoms with Crippen LogP contribution in [0.3, 0.4) is 0 Å². The van der Waals surface area contributed by atoms with Crippen LogP contribution in [0.15, 0.2) is 41.1 Å². The van der Waals surface area contributed by atoms with E-state index in [0.29, 0.717) is 6.42 Å². The van der Waals surface area contributed by atoms with Crippen molar-refractivity contribution in [3.05, 3.63) is 46.7 Å². The molecule has 0 unspecified atom stereocenters. The summed E-state index contributed by atoms with van der Waals surface area (Å²) in [6.07, 6.45) is 0.502. The Morgan fingerprint density at radius 2 is 1.96 bits per heavy atom. The molecule has 1 aliphatic heterocycles. The van der Waals surface area contributed by atoms with E-state index in [9.17, 15) is 4.79 Å². The number of rotatable bonds is 4. The predicted octanol–water partition coefficient (Wildman–Crippen LogP) is 3.43. The summed E-state index contributed by atoms with van der Waals surface area (Å²) in [5.74, 6) is 1.08. The standard InChI is InChI=1S/C19H24N2O2S/c1-19(2)14-20(18(22)12-15-8-11-24-13-15)9-10-21(19)16-4-6-17(23-3)7-5-16/h4-8,11,13H,9-10,12,14H2,1-3H3. The van der Waals surface area contributed by atoms with Gasteiger partial charge in [-0.25, -0.2) is 0 Å². The molecule has 128 valence electrons. The van der Waals surface area contributed by atoms with Crippen molar-refractivity contribution >= 4 is 22.9 Å². The second kappa shape index (κ2) is 6.85. The summed E-state index contributed by atoms with van der Waals surface area (Å²) < 4.78 is 5.24. The fourth-order valence-corrected chi connectivity index (χ4v) is 3.96. The first-order chi connectivity index (χ1) is 11.5. The van der Waals surface area contributed by atoms with Gasteiger partial charge in [0.15, 0.2) is 0 Å². The maximum atomic E-state index is 12.6. The smallest absolute Gasteiger partial charge is 0.227 e. The molecular formula is C19H24N2O2S. The lowest BCUT2D eigenvalue weighted by Gasteiger charge is -2.48. The van der Waals surface area contributed by atoms with Crippen molar-refractivity contribution in [3.63, 3.8) is 0 Å². The Morgan fingerprint density at radius 1 is 1.21 bits per heavy atom. The molecule has 2 aromatic rings. The van der Waals surface area contributed by atoms with Gasteiger partial charge in [-0.3, -0.25) is 4.79 Å². The van der Waals surface area contributed by atoms with Crippen molar-refractivity contribution in [1.82, 2.24) is 4.90 Å². The average molecular weight is 344 g/mol. The first-order valence-electron chi connectivity index (χ1n) is 8.20. The minimum Gasteiger partial charge on any atom is -0.497 e. The number of ether oxygens (including phenoxy) is 1. The summed E-state index contributed by atoms with van der Waals surface area (Å²) in [5.41, 5.74) is 2.18. The highest BCUT2D eigenvalue weighted by molar-refractivity contribution is 7.08. The summed E-state index contributed by atoms with van der Waals surface area (Å²) in [7, 11) is 1.68. The van der Waals surface area contributed by atoms with Crippen LogP contribution in [0.25, 0.3) is 0 Å². The van der Waals surface area contributed by atoms with E-state index in [2.05, 4.69) is 36.3 Å². The van der Waals surface area contributed by atoms with Crippen LogP contribution in [-0.2, 0) is 11.2 Å². The molecule has 0 radical (unpaired) electrons. The molecule has 0 aliphatic carbocycles. The lowest BCUT2D eigenvalue weighted by atomic mass is 9.97. The number of hydrogen-bond acceptors (Lipinski definition) is 4. The van der Waals surface area contributed by atoms with Crippen LogP contribution in [0.1, 0.15) is 19.4 Å². The number of piperazine rings is 1. The number of amides is 1. The van der Waals surface area contributed by atoms with E-state index in [1.807, 2.05) is 28.5 Å². The van der Waals surface area contributed by atoms with E-state index in [-0.39, 0.29) is 11.4 Å². The van der Waals surface area contributed by atoms with Gasteiger partial charge in [0.25, 0.3) is 0 Å². The van der Waals surface area contributed by atoms with E-state index in [4.69, 9.17) is 4.74 Å². The van der Waals surface area contributed by atoms with E-state index in [1.54, 1.807) is 18.4 Å². The maximum Gasteiger partial charge on any atom is 0.227 e. The number of carbonyl (C=O) groups is 1. The second-order valence-electron chi connectivity index (χ2n) is 6.79. The Labute approximate surface area is 147 Å². The summed E-state index contributed by atoms with van der Waals surface area (Å²) >= 11 is 1.64. The fraction of sp³-hybridized carbons (Fsp3) is 0.421. The van der Waals surface area contributed by atoms with Crippen molar-refractivity contribution in [2.75, 3.05) is 31.6 Å². The summed E-state index contributed by atoms with van der Waals surface area (Å²) in [6, 6.07) is 10.2. The topological polar surface area (TPSA) is 32.8 Å². The molecule has 1 saturated heterocycles. The monoisotopic (exact) mass is 344 g/mol. The van der Waals surface area contributed by atoms with Crippen LogP contribution in [-0.4, -0.2) is 43.1 Å². The van der Waals surface area contributed by atoms with Gasteiger partial charge >= 0.3 is 0 Å². The number of methoxy groups -OCH3 is 1. The van der Waals surface area contributed by atoms with Crippen molar-refractivity contribution in [2.45, 2.75) is 25.8 Å². The summed E-state index contributed by atoms with van der Waals surface area (Å²) in [6.45, 7) is 6.73. The van der Waals surface area contributed by atoms with Gasteiger partial charge in [-0.15, -0.1) is 0 Å². The zero-order valence-corrected chi connectivity index (χ0v) is 15.3. The van der Waals surface area contributed by atoms with Crippen LogP contribution in [0, 0.1) is 0 Å². The number of anilines is 1. The molecule has 24 heavy (non-hydrogen) atoms. The highest BCUT2D eigenvalue weighted by atomic mass is 32.1. The predicted molar refractivity (Wildman–Crippen MR) is 99.0 cm³/mol. The first-order valence-corrected chi connectivity index (χ1v) is 9.14. The van der Waals surface area contributed by atoms with Gasteiger partial charge in [0.1, 0.15) is 5.75 Å². The van der Waals surface area contributed by atoms with Crippen molar-refractivity contribution in [1.29, 1.82) is 0 Å². The fourth-order valence-electron chi connectivity index (χ4n) is 3.29. The Hall–Kier alpha value is -2.01. The molecule has 0 saturated carbocycles. The van der Waals surface area contributed by atoms with Crippen LogP contribution in [0.2, 0.25) is 0 Å². The number of nitrogens with zero attached hydrogens (tertiary/aromatic N) is 2. The quantitative estimate of drug-likeness (QED) is 0.852. The summed E-state index contributed by atoms with van der Waals surface area (Å²) in [4.78, 5) is 16.9. The molecular weight excluding hydrogens is 320 g/mol. The Bertz CT molecular complexity index is 680. The van der Waals surface area contributed by atoms with E-state index in [0.717, 1.165) is 30.9 Å². The highest BCUT2D eigenvalue weighted by Crippen LogP contribution is 2.29. The van der Waals surface area contributed by atoms with Crippen LogP contribution in [0.5, 0.6) is 5.75 Å². The number of carbonyl (C=O) groups excluding carboxylic acids is 1. The van der Waals surface area contributed by atoms with Crippen LogP contribution in [0.4, 0.5) is 5.69 Å². The first kappa shape index (κ1) is 16.8.